The molecular weight excluding hydrogens is 263 g/mol. The Bertz CT molecular complexity index is 535. The van der Waals surface area contributed by atoms with E-state index in [4.69, 9.17) is 9.47 Å². The summed E-state index contributed by atoms with van der Waals surface area (Å²) in [6.45, 7) is -0.576. The summed E-state index contributed by atoms with van der Waals surface area (Å²) in [4.78, 5) is 11.9. The van der Waals surface area contributed by atoms with Crippen LogP contribution in [0.2, 0.25) is 0 Å². The molecule has 0 spiro atoms. The van der Waals surface area contributed by atoms with Gasteiger partial charge in [-0.1, -0.05) is 19.3 Å². The zero-order chi connectivity index (χ0) is 14.2. The Morgan fingerprint density at radius 2 is 2.00 bits per heavy atom. The second kappa shape index (κ2) is 4.96. The molecule has 1 aliphatic carbocycles. The number of halogens is 1. The Kier molecular flexibility index (Phi) is 3.28. The van der Waals surface area contributed by atoms with Crippen molar-refractivity contribution >= 4 is 5.97 Å². The zero-order valence-electron chi connectivity index (χ0n) is 11.2. The Morgan fingerprint density at radius 3 is 2.65 bits per heavy atom. The van der Waals surface area contributed by atoms with Gasteiger partial charge in [0, 0.05) is 5.56 Å². The summed E-state index contributed by atoms with van der Waals surface area (Å²) in [5.41, 5.74) is 0.0455. The van der Waals surface area contributed by atoms with E-state index >= 15 is 0 Å². The fourth-order valence-electron chi connectivity index (χ4n) is 3.25. The van der Waals surface area contributed by atoms with E-state index in [0.29, 0.717) is 35.5 Å². The summed E-state index contributed by atoms with van der Waals surface area (Å²) in [5.74, 6) is 0.0822. The van der Waals surface area contributed by atoms with Gasteiger partial charge in [-0.25, -0.2) is 4.39 Å². The van der Waals surface area contributed by atoms with E-state index in [-0.39, 0.29) is 6.79 Å². The molecule has 0 aromatic heterocycles. The summed E-state index contributed by atoms with van der Waals surface area (Å²) in [5, 5.41) is 9.75. The highest BCUT2D eigenvalue weighted by atomic mass is 19.1. The predicted octanol–water partition coefficient (Wildman–Crippen LogP) is 3.17. The minimum atomic E-state index is -0.971. The third-order valence-electron chi connectivity index (χ3n) is 4.32. The lowest BCUT2D eigenvalue weighted by Crippen LogP contribution is -2.38. The lowest BCUT2D eigenvalue weighted by molar-refractivity contribution is -0.145. The van der Waals surface area contributed by atoms with Gasteiger partial charge in [-0.3, -0.25) is 4.79 Å². The fourth-order valence-corrected chi connectivity index (χ4v) is 3.25. The van der Waals surface area contributed by atoms with Crippen molar-refractivity contribution in [2.75, 3.05) is 6.79 Å². The number of alkyl halides is 1. The van der Waals surface area contributed by atoms with E-state index in [1.54, 1.807) is 12.1 Å². The van der Waals surface area contributed by atoms with Crippen LogP contribution in [0.4, 0.5) is 4.39 Å². The van der Waals surface area contributed by atoms with Crippen molar-refractivity contribution in [1.82, 2.24) is 0 Å². The Hall–Kier alpha value is -1.78. The first kappa shape index (κ1) is 13.2. The second-order valence-electron chi connectivity index (χ2n) is 5.46. The maximum Gasteiger partial charge on any atom is 0.314 e. The van der Waals surface area contributed by atoms with Gasteiger partial charge < -0.3 is 14.6 Å². The van der Waals surface area contributed by atoms with E-state index < -0.39 is 18.1 Å². The van der Waals surface area contributed by atoms with Gasteiger partial charge in [0.1, 0.15) is 6.67 Å². The van der Waals surface area contributed by atoms with Crippen LogP contribution in [0.1, 0.15) is 43.2 Å². The van der Waals surface area contributed by atoms with Crippen molar-refractivity contribution < 1.29 is 23.8 Å². The summed E-state index contributed by atoms with van der Waals surface area (Å²) in [6, 6.07) is 3.22. The van der Waals surface area contributed by atoms with Gasteiger partial charge in [0.15, 0.2) is 11.5 Å². The Labute approximate surface area is 116 Å². The van der Waals surface area contributed by atoms with Gasteiger partial charge in [-0.2, -0.15) is 0 Å². The first-order valence-corrected chi connectivity index (χ1v) is 6.90. The maximum absolute atomic E-state index is 13.0. The molecule has 20 heavy (non-hydrogen) atoms. The topological polar surface area (TPSA) is 55.8 Å². The van der Waals surface area contributed by atoms with E-state index in [1.807, 2.05) is 0 Å². The molecular formula is C15H17FO4. The molecule has 1 fully saturated rings. The lowest BCUT2D eigenvalue weighted by atomic mass is 9.69. The van der Waals surface area contributed by atoms with Gasteiger partial charge >= 0.3 is 5.97 Å². The minimum absolute atomic E-state index is 0.0633. The molecule has 0 unspecified atom stereocenters. The number of carboxylic acids is 1. The van der Waals surface area contributed by atoms with E-state index in [0.717, 1.165) is 19.3 Å². The molecule has 1 aliphatic heterocycles. The molecule has 5 heteroatoms. The number of ether oxygens (including phenoxy) is 2. The second-order valence-corrected chi connectivity index (χ2v) is 5.46. The van der Waals surface area contributed by atoms with Gasteiger partial charge in [0.25, 0.3) is 0 Å². The number of fused-ring (bicyclic) bond motifs is 1. The first-order valence-electron chi connectivity index (χ1n) is 6.90. The summed E-state index contributed by atoms with van der Waals surface area (Å²) >= 11 is 0. The van der Waals surface area contributed by atoms with Crippen LogP contribution in [0.3, 0.4) is 0 Å². The van der Waals surface area contributed by atoms with Gasteiger partial charge in [0.2, 0.25) is 6.79 Å². The highest BCUT2D eigenvalue weighted by Gasteiger charge is 2.45. The molecule has 0 radical (unpaired) electrons. The van der Waals surface area contributed by atoms with Crippen molar-refractivity contribution in [1.29, 1.82) is 0 Å². The van der Waals surface area contributed by atoms with Crippen LogP contribution >= 0.6 is 0 Å². The molecule has 0 saturated heterocycles. The normalized spacial score (nSPS) is 19.9. The fraction of sp³-hybridized carbons (Fsp3) is 0.533. The Morgan fingerprint density at radius 1 is 1.25 bits per heavy atom. The summed E-state index contributed by atoms with van der Waals surface area (Å²) in [6.07, 6.45) is 3.89. The molecule has 1 N–H and O–H groups in total. The molecule has 1 aromatic carbocycles. The number of benzene rings is 1. The quantitative estimate of drug-likeness (QED) is 0.924. The summed E-state index contributed by atoms with van der Waals surface area (Å²) in [7, 11) is 0. The van der Waals surface area contributed by atoms with E-state index in [9.17, 15) is 14.3 Å². The number of aliphatic carboxylic acids is 1. The SMILES string of the molecule is O=C(O)C1(c2cc(CF)cc3c2OCO3)CCCCC1. The van der Waals surface area contributed by atoms with Crippen molar-refractivity contribution in [2.45, 2.75) is 44.2 Å². The van der Waals surface area contributed by atoms with Crippen molar-refractivity contribution in [2.24, 2.45) is 0 Å². The van der Waals surface area contributed by atoms with Gasteiger partial charge in [-0.15, -0.1) is 0 Å². The average molecular weight is 280 g/mol. The molecule has 1 aromatic rings. The molecule has 4 nitrogen and oxygen atoms in total. The highest BCUT2D eigenvalue weighted by Crippen LogP contribution is 2.48. The molecule has 0 atom stereocenters. The monoisotopic (exact) mass is 280 g/mol. The van der Waals surface area contributed by atoms with Crippen LogP contribution in [0, 0.1) is 0 Å². The highest BCUT2D eigenvalue weighted by molar-refractivity contribution is 5.83. The van der Waals surface area contributed by atoms with Crippen molar-refractivity contribution in [3.63, 3.8) is 0 Å². The largest absolute Gasteiger partial charge is 0.481 e. The van der Waals surface area contributed by atoms with Gasteiger partial charge in [-0.05, 0) is 30.5 Å². The Balaban J connectivity index is 2.16. The van der Waals surface area contributed by atoms with E-state index in [1.165, 1.54) is 0 Å². The van der Waals surface area contributed by atoms with Gasteiger partial charge in [0.05, 0.1) is 5.41 Å². The molecule has 3 rings (SSSR count). The average Bonchev–Trinajstić information content (AvgIpc) is 2.94. The zero-order valence-corrected chi connectivity index (χ0v) is 11.2. The molecule has 0 bridgehead atoms. The van der Waals surface area contributed by atoms with Crippen LogP contribution in [0.25, 0.3) is 0 Å². The maximum atomic E-state index is 13.0. The molecule has 0 amide bonds. The predicted molar refractivity (Wildman–Crippen MR) is 69.8 cm³/mol. The number of hydrogen-bond donors (Lipinski definition) is 1. The molecule has 1 heterocycles. The third kappa shape index (κ3) is 1.92. The van der Waals surface area contributed by atoms with Crippen LogP contribution in [0.15, 0.2) is 12.1 Å². The van der Waals surface area contributed by atoms with Crippen LogP contribution < -0.4 is 9.47 Å². The number of carboxylic acid groups (broad SMARTS) is 1. The minimum Gasteiger partial charge on any atom is -0.481 e. The molecule has 1 saturated carbocycles. The molecule has 108 valence electrons. The number of carbonyl (C=O) groups is 1. The third-order valence-corrected chi connectivity index (χ3v) is 4.32. The van der Waals surface area contributed by atoms with Crippen molar-refractivity contribution in [3.8, 4) is 11.5 Å². The number of rotatable bonds is 3. The molecule has 2 aliphatic rings. The standard InChI is InChI=1S/C15H17FO4/c16-8-10-6-11(13-12(7-10)19-9-20-13)15(14(17)18)4-2-1-3-5-15/h6-7H,1-5,8-9H2,(H,17,18). The van der Waals surface area contributed by atoms with Crippen LogP contribution in [-0.4, -0.2) is 17.9 Å². The lowest BCUT2D eigenvalue weighted by Gasteiger charge is -2.34. The first-order chi connectivity index (χ1) is 9.67. The smallest absolute Gasteiger partial charge is 0.314 e. The number of hydrogen-bond acceptors (Lipinski definition) is 3. The van der Waals surface area contributed by atoms with Crippen LogP contribution in [-0.2, 0) is 16.9 Å². The van der Waals surface area contributed by atoms with Crippen molar-refractivity contribution in [3.05, 3.63) is 23.3 Å². The van der Waals surface area contributed by atoms with E-state index in [2.05, 4.69) is 0 Å². The van der Waals surface area contributed by atoms with Crippen LogP contribution in [0.5, 0.6) is 11.5 Å². The summed E-state index contributed by atoms with van der Waals surface area (Å²) < 4.78 is 23.8.